The lowest BCUT2D eigenvalue weighted by atomic mass is 10.1. The molecule has 2 unspecified atom stereocenters. The van der Waals surface area contributed by atoms with Crippen molar-refractivity contribution in [2.75, 3.05) is 18.0 Å². The molecule has 4 heterocycles. The van der Waals surface area contributed by atoms with Crippen LogP contribution < -0.4 is 10.2 Å². The Kier molecular flexibility index (Phi) is 4.52. The Bertz CT molecular complexity index is 1370. The number of aromatic nitrogens is 3. The highest BCUT2D eigenvalue weighted by Gasteiger charge is 2.36. The molecule has 0 saturated carbocycles. The van der Waals surface area contributed by atoms with E-state index in [1.54, 1.807) is 24.3 Å². The molecule has 32 heavy (non-hydrogen) atoms. The third kappa shape index (κ3) is 3.22. The fraction of sp³-hybridized carbons (Fsp3) is 0.318. The van der Waals surface area contributed by atoms with Gasteiger partial charge in [-0.1, -0.05) is 12.1 Å². The van der Waals surface area contributed by atoms with Crippen LogP contribution in [0.4, 0.5) is 19.0 Å². The summed E-state index contributed by atoms with van der Waals surface area (Å²) in [6.45, 7) is 4.94. The summed E-state index contributed by atoms with van der Waals surface area (Å²) in [6, 6.07) is 9.05. The predicted octanol–water partition coefficient (Wildman–Crippen LogP) is 3.94. The first-order chi connectivity index (χ1) is 15.1. The normalized spacial score (nSPS) is 19.8. The van der Waals surface area contributed by atoms with Gasteiger partial charge in [0, 0.05) is 30.6 Å². The van der Waals surface area contributed by atoms with Gasteiger partial charge in [0.1, 0.15) is 17.0 Å². The average molecular weight is 443 g/mol. The van der Waals surface area contributed by atoms with Crippen molar-refractivity contribution in [3.05, 3.63) is 47.5 Å². The summed E-state index contributed by atoms with van der Waals surface area (Å²) in [5.74, 6) is -1.15. The zero-order chi connectivity index (χ0) is 22.8. The van der Waals surface area contributed by atoms with Gasteiger partial charge in [0.25, 0.3) is 0 Å². The van der Waals surface area contributed by atoms with Crippen molar-refractivity contribution in [1.82, 2.24) is 19.7 Å². The number of piperazine rings is 1. The van der Waals surface area contributed by atoms with Crippen LogP contribution in [-0.4, -0.2) is 50.6 Å². The van der Waals surface area contributed by atoms with Crippen molar-refractivity contribution in [1.29, 1.82) is 0 Å². The fourth-order valence-corrected chi connectivity index (χ4v) is 4.54. The zero-order valence-corrected chi connectivity index (χ0v) is 17.3. The second kappa shape index (κ2) is 7.06. The number of carbonyl (C=O) groups is 1. The molecule has 1 aliphatic rings. The van der Waals surface area contributed by atoms with Gasteiger partial charge in [-0.2, -0.15) is 13.2 Å². The first-order valence-electron chi connectivity index (χ1n) is 10.2. The first-order valence-corrected chi connectivity index (χ1v) is 10.2. The van der Waals surface area contributed by atoms with E-state index in [0.717, 1.165) is 12.1 Å². The van der Waals surface area contributed by atoms with Crippen LogP contribution in [0.1, 0.15) is 29.8 Å². The highest BCUT2D eigenvalue weighted by molar-refractivity contribution is 6.03. The molecular weight excluding hydrogens is 423 g/mol. The maximum absolute atomic E-state index is 14.2. The smallest absolute Gasteiger partial charge is 0.417 e. The number of imidazole rings is 1. The number of rotatable bonds is 2. The monoisotopic (exact) mass is 443 g/mol. The molecule has 0 amide bonds. The average Bonchev–Trinajstić information content (AvgIpc) is 3.10. The molecule has 7 nitrogen and oxygen atoms in total. The number of para-hydroxylation sites is 2. The van der Waals surface area contributed by atoms with E-state index in [4.69, 9.17) is 0 Å². The molecule has 0 radical (unpaired) electrons. The Morgan fingerprint density at radius 2 is 1.78 bits per heavy atom. The summed E-state index contributed by atoms with van der Waals surface area (Å²) < 4.78 is 43.9. The molecule has 1 aromatic carbocycles. The van der Waals surface area contributed by atoms with Crippen molar-refractivity contribution in [2.24, 2.45) is 0 Å². The third-order valence-corrected chi connectivity index (χ3v) is 5.74. The van der Waals surface area contributed by atoms with Gasteiger partial charge in [0.05, 0.1) is 16.6 Å². The van der Waals surface area contributed by atoms with E-state index in [1.807, 2.05) is 18.7 Å². The topological polar surface area (TPSA) is 82.8 Å². The molecule has 2 atom stereocenters. The number of aromatic carboxylic acids is 1. The van der Waals surface area contributed by atoms with Crippen molar-refractivity contribution < 1.29 is 23.1 Å². The van der Waals surface area contributed by atoms with E-state index >= 15 is 0 Å². The van der Waals surface area contributed by atoms with Gasteiger partial charge in [0.2, 0.25) is 0 Å². The summed E-state index contributed by atoms with van der Waals surface area (Å²) in [5, 5.41) is 12.8. The number of hydrogen-bond acceptors (Lipinski definition) is 5. The van der Waals surface area contributed by atoms with Crippen LogP contribution in [0, 0.1) is 0 Å². The van der Waals surface area contributed by atoms with E-state index in [9.17, 15) is 23.1 Å². The van der Waals surface area contributed by atoms with Gasteiger partial charge < -0.3 is 15.3 Å². The highest BCUT2D eigenvalue weighted by atomic mass is 19.4. The quantitative estimate of drug-likeness (QED) is 0.488. The molecule has 1 fully saturated rings. The minimum Gasteiger partial charge on any atom is -0.478 e. The molecule has 10 heteroatoms. The minimum atomic E-state index is -4.69. The highest BCUT2D eigenvalue weighted by Crippen LogP contribution is 2.38. The second-order valence-corrected chi connectivity index (χ2v) is 8.26. The fourth-order valence-electron chi connectivity index (χ4n) is 4.54. The van der Waals surface area contributed by atoms with Crippen LogP contribution in [0.5, 0.6) is 0 Å². The Balaban J connectivity index is 1.91. The van der Waals surface area contributed by atoms with Crippen LogP contribution in [0.25, 0.3) is 27.7 Å². The van der Waals surface area contributed by atoms with Crippen molar-refractivity contribution >= 4 is 39.5 Å². The van der Waals surface area contributed by atoms with Crippen molar-refractivity contribution in [2.45, 2.75) is 32.1 Å². The number of alkyl halides is 3. The maximum Gasteiger partial charge on any atom is 0.417 e. The maximum atomic E-state index is 14.2. The number of carboxylic acid groups (broad SMARTS) is 1. The molecule has 1 saturated heterocycles. The van der Waals surface area contributed by atoms with Gasteiger partial charge in [0.15, 0.2) is 5.65 Å². The number of fused-ring (bicyclic) bond motifs is 5. The molecule has 0 aliphatic carbocycles. The lowest BCUT2D eigenvalue weighted by Gasteiger charge is -2.37. The predicted molar refractivity (Wildman–Crippen MR) is 114 cm³/mol. The summed E-state index contributed by atoms with van der Waals surface area (Å²) in [5.41, 5.74) is -0.159. The molecule has 3 aromatic heterocycles. The van der Waals surface area contributed by atoms with Crippen LogP contribution >= 0.6 is 0 Å². The van der Waals surface area contributed by atoms with E-state index in [2.05, 4.69) is 15.3 Å². The number of benzene rings is 1. The van der Waals surface area contributed by atoms with Crippen molar-refractivity contribution in [3.63, 3.8) is 0 Å². The molecule has 1 aliphatic heterocycles. The van der Waals surface area contributed by atoms with Crippen LogP contribution in [0.15, 0.2) is 36.4 Å². The van der Waals surface area contributed by atoms with Gasteiger partial charge >= 0.3 is 12.1 Å². The largest absolute Gasteiger partial charge is 0.478 e. The van der Waals surface area contributed by atoms with E-state index in [1.165, 1.54) is 4.40 Å². The number of carboxylic acids is 1. The summed E-state index contributed by atoms with van der Waals surface area (Å²) in [7, 11) is 0. The molecule has 0 bridgehead atoms. The van der Waals surface area contributed by atoms with Gasteiger partial charge in [-0.25, -0.2) is 14.8 Å². The molecule has 166 valence electrons. The summed E-state index contributed by atoms with van der Waals surface area (Å²) >= 11 is 0. The summed E-state index contributed by atoms with van der Waals surface area (Å²) in [6.07, 6.45) is -4.69. The SMILES string of the molecule is CC1CN(c2cc(C(F)(F)F)c3cc(C(=O)O)c4nc5ccccc5n4c3n2)CC(C)N1. The van der Waals surface area contributed by atoms with Crippen LogP contribution in [-0.2, 0) is 6.18 Å². The molecule has 2 N–H and O–H groups in total. The number of anilines is 1. The van der Waals surface area contributed by atoms with E-state index in [-0.39, 0.29) is 40.1 Å². The van der Waals surface area contributed by atoms with Crippen LogP contribution in [0.2, 0.25) is 0 Å². The second-order valence-electron chi connectivity index (χ2n) is 8.26. The number of hydrogen-bond donors (Lipinski definition) is 2. The third-order valence-electron chi connectivity index (χ3n) is 5.74. The minimum absolute atomic E-state index is 0.0300. The molecule has 0 spiro atoms. The molecule has 5 rings (SSSR count). The van der Waals surface area contributed by atoms with Gasteiger partial charge in [-0.3, -0.25) is 4.40 Å². The van der Waals surface area contributed by atoms with Crippen molar-refractivity contribution in [3.8, 4) is 0 Å². The molecular formula is C22H20F3N5O2. The van der Waals surface area contributed by atoms with Gasteiger partial charge in [-0.05, 0) is 38.1 Å². The summed E-state index contributed by atoms with van der Waals surface area (Å²) in [4.78, 5) is 22.7. The lowest BCUT2D eigenvalue weighted by Crippen LogP contribution is -2.54. The van der Waals surface area contributed by atoms with Gasteiger partial charge in [-0.15, -0.1) is 0 Å². The number of pyridine rings is 2. The standard InChI is InChI=1S/C22H20F3N5O2/c1-11-9-29(10-12(2)26-11)18-8-15(22(23,24)25)13-7-14(21(31)32)20-27-16-5-3-4-6-17(16)30(20)19(13)28-18/h3-8,11-12,26H,9-10H2,1-2H3,(H,31,32). The Hall–Kier alpha value is -3.40. The number of halogens is 3. The van der Waals surface area contributed by atoms with E-state index in [0.29, 0.717) is 24.1 Å². The number of nitrogens with one attached hydrogen (secondary N) is 1. The van der Waals surface area contributed by atoms with E-state index < -0.39 is 17.7 Å². The lowest BCUT2D eigenvalue weighted by molar-refractivity contribution is -0.136. The molecule has 4 aromatic rings. The first kappa shape index (κ1) is 20.5. The zero-order valence-electron chi connectivity index (χ0n) is 17.3. The number of nitrogens with zero attached hydrogens (tertiary/aromatic N) is 4. The Morgan fingerprint density at radius 3 is 2.44 bits per heavy atom. The Labute approximate surface area is 180 Å². The van der Waals surface area contributed by atoms with Crippen LogP contribution in [0.3, 0.4) is 0 Å². The Morgan fingerprint density at radius 1 is 1.09 bits per heavy atom.